The number of carbonyl (C=O) groups is 3. The standard InChI is InChI=1S/C25H27N3O5S/c1-18(29)20-7-9-22(10-8-20)34(32,33)27-15-13-26(14-16-27)25(31)17-24-23-6-4-3-5-21(23)11-12-28(24)19(2)30/h3-12,24H,13-17H2,1-2H3/t24-/m0/s1. The van der Waals surface area contributed by atoms with Crippen molar-refractivity contribution in [1.29, 1.82) is 0 Å². The van der Waals surface area contributed by atoms with Crippen LogP contribution in [0.3, 0.4) is 0 Å². The molecule has 178 valence electrons. The summed E-state index contributed by atoms with van der Waals surface area (Å²) in [5.41, 5.74) is 2.35. The topological polar surface area (TPSA) is 95.1 Å². The van der Waals surface area contributed by atoms with E-state index in [9.17, 15) is 22.8 Å². The average molecular weight is 482 g/mol. The largest absolute Gasteiger partial charge is 0.340 e. The zero-order valence-corrected chi connectivity index (χ0v) is 20.0. The molecule has 0 aromatic heterocycles. The van der Waals surface area contributed by atoms with Crippen LogP contribution >= 0.6 is 0 Å². The Kier molecular flexibility index (Phi) is 6.67. The van der Waals surface area contributed by atoms with Crippen LogP contribution in [-0.2, 0) is 19.6 Å². The Bertz CT molecular complexity index is 1250. The molecule has 2 aliphatic rings. The first-order valence-corrected chi connectivity index (χ1v) is 12.6. The zero-order chi connectivity index (χ0) is 24.5. The van der Waals surface area contributed by atoms with Crippen molar-refractivity contribution < 1.29 is 22.8 Å². The van der Waals surface area contributed by atoms with Crippen molar-refractivity contribution in [2.24, 2.45) is 0 Å². The first-order chi connectivity index (χ1) is 16.2. The lowest BCUT2D eigenvalue weighted by atomic mass is 9.93. The number of hydrogen-bond acceptors (Lipinski definition) is 5. The molecule has 2 aliphatic heterocycles. The van der Waals surface area contributed by atoms with Crippen LogP contribution in [0.25, 0.3) is 6.08 Å². The molecular weight excluding hydrogens is 454 g/mol. The third-order valence-corrected chi connectivity index (χ3v) is 8.24. The Labute approximate surface area is 199 Å². The van der Waals surface area contributed by atoms with Crippen LogP contribution in [0, 0.1) is 0 Å². The molecule has 2 aromatic carbocycles. The SMILES string of the molecule is CC(=O)c1ccc(S(=O)(=O)N2CCN(C(=O)C[C@H]3c4ccccc4C=CN3C(C)=O)CC2)cc1. The quantitative estimate of drug-likeness (QED) is 0.612. The second-order valence-electron chi connectivity index (χ2n) is 8.46. The highest BCUT2D eigenvalue weighted by Crippen LogP contribution is 2.33. The minimum absolute atomic E-state index is 0.121. The molecule has 34 heavy (non-hydrogen) atoms. The van der Waals surface area contributed by atoms with Crippen molar-refractivity contribution >= 4 is 33.7 Å². The van der Waals surface area contributed by atoms with Gasteiger partial charge in [-0.05, 0) is 36.3 Å². The molecule has 9 heteroatoms. The molecule has 1 fully saturated rings. The van der Waals surface area contributed by atoms with Crippen molar-refractivity contribution in [1.82, 2.24) is 14.1 Å². The maximum Gasteiger partial charge on any atom is 0.243 e. The van der Waals surface area contributed by atoms with Crippen molar-refractivity contribution in [3.8, 4) is 0 Å². The summed E-state index contributed by atoms with van der Waals surface area (Å²) >= 11 is 0. The Morgan fingerprint density at radius 3 is 2.18 bits per heavy atom. The molecule has 8 nitrogen and oxygen atoms in total. The first kappa shape index (κ1) is 23.8. The number of amides is 2. The molecule has 2 heterocycles. The summed E-state index contributed by atoms with van der Waals surface area (Å²) in [7, 11) is -3.72. The summed E-state index contributed by atoms with van der Waals surface area (Å²) in [5, 5.41) is 0. The van der Waals surface area contributed by atoms with Gasteiger partial charge in [-0.3, -0.25) is 14.4 Å². The predicted octanol–water partition coefficient (Wildman–Crippen LogP) is 2.69. The summed E-state index contributed by atoms with van der Waals surface area (Å²) in [6, 6.07) is 13.2. The number of hydrogen-bond donors (Lipinski definition) is 0. The van der Waals surface area contributed by atoms with Gasteiger partial charge in [-0.25, -0.2) is 8.42 Å². The second kappa shape index (κ2) is 9.52. The van der Waals surface area contributed by atoms with E-state index >= 15 is 0 Å². The number of rotatable bonds is 5. The van der Waals surface area contributed by atoms with Gasteiger partial charge in [0.25, 0.3) is 0 Å². The van der Waals surface area contributed by atoms with Gasteiger partial charge in [0.1, 0.15) is 0 Å². The highest BCUT2D eigenvalue weighted by Gasteiger charge is 2.33. The highest BCUT2D eigenvalue weighted by molar-refractivity contribution is 7.89. The van der Waals surface area contributed by atoms with Crippen molar-refractivity contribution in [2.45, 2.75) is 31.2 Å². The molecule has 0 bridgehead atoms. The van der Waals surface area contributed by atoms with Crippen molar-refractivity contribution in [3.63, 3.8) is 0 Å². The summed E-state index contributed by atoms with van der Waals surface area (Å²) in [5.74, 6) is -0.394. The monoisotopic (exact) mass is 481 g/mol. The smallest absolute Gasteiger partial charge is 0.243 e. The van der Waals surface area contributed by atoms with E-state index in [0.717, 1.165) is 11.1 Å². The van der Waals surface area contributed by atoms with Gasteiger partial charge in [-0.15, -0.1) is 0 Å². The minimum atomic E-state index is -3.72. The summed E-state index contributed by atoms with van der Waals surface area (Å²) < 4.78 is 27.4. The molecule has 0 saturated carbocycles. The third kappa shape index (κ3) is 4.67. The fraction of sp³-hybridized carbons (Fsp3) is 0.320. The van der Waals surface area contributed by atoms with Crippen LogP contribution in [0.4, 0.5) is 0 Å². The molecule has 2 amide bonds. The summed E-state index contributed by atoms with van der Waals surface area (Å²) in [6.07, 6.45) is 3.70. The van der Waals surface area contributed by atoms with E-state index < -0.39 is 16.1 Å². The Morgan fingerprint density at radius 2 is 1.56 bits per heavy atom. The van der Waals surface area contributed by atoms with Gasteiger partial charge in [-0.1, -0.05) is 36.4 Å². The molecule has 1 atom stereocenters. The maximum absolute atomic E-state index is 13.1. The summed E-state index contributed by atoms with van der Waals surface area (Å²) in [4.78, 5) is 40.1. The lowest BCUT2D eigenvalue weighted by Gasteiger charge is -2.37. The van der Waals surface area contributed by atoms with Gasteiger partial charge < -0.3 is 9.80 Å². The number of piperazine rings is 1. The molecule has 1 saturated heterocycles. The Hall–Kier alpha value is -3.30. The van der Waals surface area contributed by atoms with E-state index in [-0.39, 0.29) is 55.1 Å². The molecule has 0 spiro atoms. The van der Waals surface area contributed by atoms with Gasteiger partial charge in [0.15, 0.2) is 5.78 Å². The van der Waals surface area contributed by atoms with Gasteiger partial charge in [-0.2, -0.15) is 4.31 Å². The normalized spacial score (nSPS) is 18.5. The molecule has 0 unspecified atom stereocenters. The molecule has 4 rings (SSSR count). The van der Waals surface area contributed by atoms with Crippen molar-refractivity contribution in [3.05, 3.63) is 71.4 Å². The van der Waals surface area contributed by atoms with Crippen LogP contribution in [0.5, 0.6) is 0 Å². The fourth-order valence-corrected chi connectivity index (χ4v) is 5.82. The van der Waals surface area contributed by atoms with E-state index in [2.05, 4.69) is 0 Å². The van der Waals surface area contributed by atoms with Crippen molar-refractivity contribution in [2.75, 3.05) is 26.2 Å². The first-order valence-electron chi connectivity index (χ1n) is 11.1. The number of sulfonamides is 1. The van der Waals surface area contributed by atoms with Crippen LogP contribution in [0.1, 0.15) is 47.8 Å². The maximum atomic E-state index is 13.1. The predicted molar refractivity (Wildman–Crippen MR) is 127 cm³/mol. The van der Waals surface area contributed by atoms with E-state index in [4.69, 9.17) is 0 Å². The molecular formula is C25H27N3O5S. The van der Waals surface area contributed by atoms with E-state index in [0.29, 0.717) is 5.56 Å². The molecule has 2 aromatic rings. The van der Waals surface area contributed by atoms with E-state index in [1.54, 1.807) is 16.0 Å². The number of benzene rings is 2. The molecule has 0 aliphatic carbocycles. The fourth-order valence-electron chi connectivity index (χ4n) is 4.40. The van der Waals surface area contributed by atoms with Gasteiger partial charge in [0, 0.05) is 44.9 Å². The van der Waals surface area contributed by atoms with E-state index in [1.807, 2.05) is 30.3 Å². The van der Waals surface area contributed by atoms with Crippen LogP contribution < -0.4 is 0 Å². The number of carbonyl (C=O) groups excluding carboxylic acids is 3. The second-order valence-corrected chi connectivity index (χ2v) is 10.4. The third-order valence-electron chi connectivity index (χ3n) is 6.33. The minimum Gasteiger partial charge on any atom is -0.340 e. The van der Waals surface area contributed by atoms with E-state index in [1.165, 1.54) is 42.4 Å². The Balaban J connectivity index is 1.43. The lowest BCUT2D eigenvalue weighted by molar-refractivity contribution is -0.135. The molecule has 0 N–H and O–H groups in total. The van der Waals surface area contributed by atoms with Gasteiger partial charge in [0.05, 0.1) is 17.4 Å². The summed E-state index contributed by atoms with van der Waals surface area (Å²) in [6.45, 7) is 3.81. The number of fused-ring (bicyclic) bond motifs is 1. The average Bonchev–Trinajstić information content (AvgIpc) is 2.84. The van der Waals surface area contributed by atoms with Gasteiger partial charge in [0.2, 0.25) is 21.8 Å². The van der Waals surface area contributed by atoms with Gasteiger partial charge >= 0.3 is 0 Å². The van der Waals surface area contributed by atoms with Crippen LogP contribution in [0.15, 0.2) is 59.6 Å². The highest BCUT2D eigenvalue weighted by atomic mass is 32.2. The number of Topliss-reactive ketones (excluding diaryl/α,β-unsaturated/α-hetero) is 1. The number of nitrogens with zero attached hydrogens (tertiary/aromatic N) is 3. The zero-order valence-electron chi connectivity index (χ0n) is 19.2. The Morgan fingerprint density at radius 1 is 0.912 bits per heavy atom. The lowest BCUT2D eigenvalue weighted by Crippen LogP contribution is -2.51. The molecule has 0 radical (unpaired) electrons. The number of ketones is 1. The van der Waals surface area contributed by atoms with Crippen LogP contribution in [0.2, 0.25) is 0 Å². The van der Waals surface area contributed by atoms with Crippen LogP contribution in [-0.4, -0.2) is 66.3 Å².